The Morgan fingerprint density at radius 2 is 0.704 bits per heavy atom. The van der Waals surface area contributed by atoms with E-state index in [1.165, 1.54) is 225 Å². The van der Waals surface area contributed by atoms with Gasteiger partial charge in [-0.2, -0.15) is 0 Å². The van der Waals surface area contributed by atoms with Crippen LogP contribution >= 0.6 is 0 Å². The second kappa shape index (κ2) is 46.3. The van der Waals surface area contributed by atoms with Crippen molar-refractivity contribution in [3.63, 3.8) is 0 Å². The maximum absolute atomic E-state index is 12.4. The van der Waals surface area contributed by atoms with Crippen molar-refractivity contribution >= 4 is 5.91 Å². The first-order valence-corrected chi connectivity index (χ1v) is 24.6. The summed E-state index contributed by atoms with van der Waals surface area (Å²) in [6.07, 6.45) is 60.3. The van der Waals surface area contributed by atoms with Crippen LogP contribution in [0.2, 0.25) is 0 Å². The molecule has 3 N–H and O–H groups in total. The van der Waals surface area contributed by atoms with E-state index in [1.807, 2.05) is 6.08 Å². The molecule has 0 aromatic heterocycles. The second-order valence-corrected chi connectivity index (χ2v) is 16.9. The summed E-state index contributed by atoms with van der Waals surface area (Å²) < 4.78 is 0. The van der Waals surface area contributed by atoms with Gasteiger partial charge in [0, 0.05) is 6.42 Å². The molecule has 0 aromatic rings. The summed E-state index contributed by atoms with van der Waals surface area (Å²) >= 11 is 0. The molecule has 2 unspecified atom stereocenters. The highest BCUT2D eigenvalue weighted by Gasteiger charge is 2.18. The van der Waals surface area contributed by atoms with Gasteiger partial charge in [-0.3, -0.25) is 4.79 Å². The number of nitrogens with one attached hydrogen (secondary N) is 1. The highest BCUT2D eigenvalue weighted by atomic mass is 16.3. The third kappa shape index (κ3) is 42.0. The van der Waals surface area contributed by atoms with Crippen LogP contribution in [0.15, 0.2) is 24.3 Å². The van der Waals surface area contributed by atoms with Crippen molar-refractivity contribution in [3.8, 4) is 0 Å². The van der Waals surface area contributed by atoms with Crippen molar-refractivity contribution in [2.75, 3.05) is 6.61 Å². The van der Waals surface area contributed by atoms with E-state index in [2.05, 4.69) is 31.3 Å². The van der Waals surface area contributed by atoms with E-state index in [0.717, 1.165) is 25.7 Å². The zero-order chi connectivity index (χ0) is 39.3. The Kier molecular flexibility index (Phi) is 45.3. The van der Waals surface area contributed by atoms with Gasteiger partial charge in [-0.15, -0.1) is 0 Å². The number of unbranched alkanes of at least 4 members (excludes halogenated alkanes) is 36. The van der Waals surface area contributed by atoms with Crippen LogP contribution in [0.3, 0.4) is 0 Å². The van der Waals surface area contributed by atoms with Crippen LogP contribution in [0.4, 0.5) is 0 Å². The fraction of sp³-hybridized carbons (Fsp3) is 0.900. The van der Waals surface area contributed by atoms with Crippen molar-refractivity contribution in [2.45, 2.75) is 283 Å². The Labute approximate surface area is 339 Å². The molecule has 0 aromatic carbocycles. The lowest BCUT2D eigenvalue weighted by Crippen LogP contribution is -2.45. The fourth-order valence-electron chi connectivity index (χ4n) is 7.65. The van der Waals surface area contributed by atoms with Crippen molar-refractivity contribution < 1.29 is 15.0 Å². The van der Waals surface area contributed by atoms with Gasteiger partial charge in [-0.25, -0.2) is 0 Å². The number of aliphatic hydroxyl groups excluding tert-OH is 2. The van der Waals surface area contributed by atoms with Gasteiger partial charge in [0.1, 0.15) is 0 Å². The van der Waals surface area contributed by atoms with Crippen molar-refractivity contribution in [1.29, 1.82) is 0 Å². The Morgan fingerprint density at radius 1 is 0.426 bits per heavy atom. The second-order valence-electron chi connectivity index (χ2n) is 16.9. The molecule has 0 rings (SSSR count). The fourth-order valence-corrected chi connectivity index (χ4v) is 7.65. The molecular weight excluding hydrogens is 663 g/mol. The minimum absolute atomic E-state index is 0.0606. The van der Waals surface area contributed by atoms with Gasteiger partial charge in [-0.1, -0.05) is 244 Å². The van der Waals surface area contributed by atoms with Crippen molar-refractivity contribution in [3.05, 3.63) is 24.3 Å². The number of carbonyl (C=O) groups excluding carboxylic acids is 1. The Bertz CT molecular complexity index is 780. The van der Waals surface area contributed by atoms with E-state index >= 15 is 0 Å². The van der Waals surface area contributed by atoms with E-state index in [0.29, 0.717) is 6.42 Å². The molecule has 0 aliphatic heterocycles. The lowest BCUT2D eigenvalue weighted by molar-refractivity contribution is -0.123. The summed E-state index contributed by atoms with van der Waals surface area (Å²) in [5, 5.41) is 23.0. The molecule has 0 bridgehead atoms. The van der Waals surface area contributed by atoms with Crippen molar-refractivity contribution in [2.24, 2.45) is 0 Å². The first kappa shape index (κ1) is 52.9. The molecule has 0 saturated heterocycles. The molecule has 0 heterocycles. The van der Waals surface area contributed by atoms with Gasteiger partial charge >= 0.3 is 0 Å². The quantitative estimate of drug-likeness (QED) is 0.0428. The molecule has 0 saturated carbocycles. The molecule has 0 aliphatic carbocycles. The Hall–Kier alpha value is -1.13. The third-order valence-electron chi connectivity index (χ3n) is 11.4. The summed E-state index contributed by atoms with van der Waals surface area (Å²) in [5.74, 6) is -0.0606. The third-order valence-corrected chi connectivity index (χ3v) is 11.4. The average Bonchev–Trinajstić information content (AvgIpc) is 3.18. The number of aliphatic hydroxyl groups is 2. The van der Waals surface area contributed by atoms with Crippen LogP contribution in [0.1, 0.15) is 271 Å². The monoisotopic (exact) mass is 760 g/mol. The summed E-state index contributed by atoms with van der Waals surface area (Å²) in [6, 6.07) is -0.618. The largest absolute Gasteiger partial charge is 0.394 e. The summed E-state index contributed by atoms with van der Waals surface area (Å²) in [7, 11) is 0. The normalized spacial score (nSPS) is 13.0. The van der Waals surface area contributed by atoms with Gasteiger partial charge in [-0.05, 0) is 44.9 Å². The number of hydrogen-bond donors (Lipinski definition) is 3. The average molecular weight is 760 g/mol. The molecule has 4 nitrogen and oxygen atoms in total. The zero-order valence-corrected chi connectivity index (χ0v) is 36.8. The molecular formula is C50H97NO3. The molecule has 2 atom stereocenters. The van der Waals surface area contributed by atoms with E-state index in [4.69, 9.17) is 0 Å². The number of allylic oxidation sites excluding steroid dienone is 3. The van der Waals surface area contributed by atoms with Gasteiger partial charge in [0.2, 0.25) is 5.91 Å². The molecule has 1 amide bonds. The zero-order valence-electron chi connectivity index (χ0n) is 36.8. The van der Waals surface area contributed by atoms with Crippen molar-refractivity contribution in [1.82, 2.24) is 5.32 Å². The maximum Gasteiger partial charge on any atom is 0.220 e. The number of hydrogen-bond acceptors (Lipinski definition) is 3. The van der Waals surface area contributed by atoms with Crippen LogP contribution in [0, 0.1) is 0 Å². The summed E-state index contributed by atoms with van der Waals surface area (Å²) in [6.45, 7) is 4.32. The van der Waals surface area contributed by atoms with Gasteiger partial charge in [0.25, 0.3) is 0 Å². The molecule has 4 heteroatoms. The summed E-state index contributed by atoms with van der Waals surface area (Å²) in [4.78, 5) is 12.4. The van der Waals surface area contributed by atoms with Gasteiger partial charge in [0.05, 0.1) is 18.8 Å². The molecule has 54 heavy (non-hydrogen) atoms. The minimum atomic E-state index is -0.835. The van der Waals surface area contributed by atoms with E-state index in [1.54, 1.807) is 6.08 Å². The van der Waals surface area contributed by atoms with Gasteiger partial charge < -0.3 is 15.5 Å². The predicted molar refractivity (Wildman–Crippen MR) is 239 cm³/mol. The number of rotatable bonds is 45. The van der Waals surface area contributed by atoms with E-state index < -0.39 is 12.1 Å². The van der Waals surface area contributed by atoms with Crippen LogP contribution < -0.4 is 5.32 Å². The lowest BCUT2D eigenvalue weighted by atomic mass is 10.0. The molecule has 0 fully saturated rings. The van der Waals surface area contributed by atoms with Crippen LogP contribution in [-0.2, 0) is 4.79 Å². The molecule has 0 aliphatic rings. The first-order chi connectivity index (χ1) is 26.7. The predicted octanol–water partition coefficient (Wildman–Crippen LogP) is 15.6. The number of carbonyl (C=O) groups is 1. The van der Waals surface area contributed by atoms with Crippen LogP contribution in [-0.4, -0.2) is 34.9 Å². The van der Waals surface area contributed by atoms with Crippen LogP contribution in [0.25, 0.3) is 0 Å². The Morgan fingerprint density at radius 3 is 1.02 bits per heavy atom. The SMILES string of the molecule is CCCCCCCCCC/C=C\CCCCCCCCCCCCCCCCCCCC(=O)NC(CO)C(O)/C=C/CCCCCCCCCCCCC. The summed E-state index contributed by atoms with van der Waals surface area (Å²) in [5.41, 5.74) is 0. The molecule has 0 radical (unpaired) electrons. The van der Waals surface area contributed by atoms with E-state index in [-0.39, 0.29) is 12.5 Å². The standard InChI is InChI=1S/C50H97NO3/c1-3-5-7-9-11-13-15-17-18-19-20-21-22-23-24-25-26-27-28-29-30-31-32-34-36-38-40-42-44-46-50(54)51-48(47-52)49(53)45-43-41-39-37-35-33-16-14-12-10-8-6-4-2/h19-20,43,45,48-49,52-53H,3-18,21-42,44,46-47H2,1-2H3,(H,51,54)/b20-19-,45-43+. The first-order valence-electron chi connectivity index (χ1n) is 24.6. The highest BCUT2D eigenvalue weighted by molar-refractivity contribution is 5.76. The maximum atomic E-state index is 12.4. The number of amides is 1. The topological polar surface area (TPSA) is 69.6 Å². The highest BCUT2D eigenvalue weighted by Crippen LogP contribution is 2.16. The van der Waals surface area contributed by atoms with E-state index in [9.17, 15) is 15.0 Å². The minimum Gasteiger partial charge on any atom is -0.394 e. The molecule has 0 spiro atoms. The molecule has 320 valence electrons. The van der Waals surface area contributed by atoms with Gasteiger partial charge in [0.15, 0.2) is 0 Å². The van der Waals surface area contributed by atoms with Crippen LogP contribution in [0.5, 0.6) is 0 Å². The smallest absolute Gasteiger partial charge is 0.220 e. The lowest BCUT2D eigenvalue weighted by Gasteiger charge is -2.20. The Balaban J connectivity index is 3.44.